The fourth-order valence-electron chi connectivity index (χ4n) is 0.646. The van der Waals surface area contributed by atoms with Gasteiger partial charge in [0, 0.05) is 5.41 Å². The molecule has 1 heterocycles. The molecule has 4 heteroatoms. The maximum Gasteiger partial charge on any atom is 0.118 e. The molecule has 1 aliphatic heterocycles. The number of rotatable bonds is 0. The maximum absolute atomic E-state index is 4.99. The third-order valence-corrected chi connectivity index (χ3v) is 1.59. The average molecular weight is 160 g/mol. The quantitative estimate of drug-likeness (QED) is 0.543. The molecule has 0 aliphatic carbocycles. The molecule has 0 aromatic rings. The van der Waals surface area contributed by atoms with E-state index in [1.54, 1.807) is 0 Å². The lowest BCUT2D eigenvalue weighted by atomic mass is 9.91. The molecule has 0 bridgehead atoms. The summed E-state index contributed by atoms with van der Waals surface area (Å²) >= 11 is 3.91. The Bertz CT molecular complexity index is 162. The van der Waals surface area contributed by atoms with Crippen molar-refractivity contribution in [3.8, 4) is 0 Å². The summed E-state index contributed by atoms with van der Waals surface area (Å²) in [5.41, 5.74) is 1.12. The number of hydrazone groups is 1. The molecular formula is C6H12N2OS. The van der Waals surface area contributed by atoms with E-state index in [0.717, 1.165) is 5.71 Å². The monoisotopic (exact) mass is 160 g/mol. The van der Waals surface area contributed by atoms with Gasteiger partial charge in [0.1, 0.15) is 6.61 Å². The molecule has 1 rings (SSSR count). The van der Waals surface area contributed by atoms with E-state index in [2.05, 4.69) is 38.7 Å². The standard InChI is InChI=1S/C6H12N2OS/c1-6(2,3)5-4-9-8(10)7-5/h10H,4H2,1-3H3. The Labute approximate surface area is 66.5 Å². The summed E-state index contributed by atoms with van der Waals surface area (Å²) in [7, 11) is 0. The number of hydrogen-bond acceptors (Lipinski definition) is 4. The van der Waals surface area contributed by atoms with E-state index >= 15 is 0 Å². The van der Waals surface area contributed by atoms with E-state index in [9.17, 15) is 0 Å². The molecule has 0 spiro atoms. The Kier molecular flexibility index (Phi) is 1.92. The first-order valence-corrected chi connectivity index (χ1v) is 3.60. The van der Waals surface area contributed by atoms with Crippen molar-refractivity contribution in [1.82, 2.24) is 4.58 Å². The minimum absolute atomic E-state index is 0.0947. The van der Waals surface area contributed by atoms with Crippen LogP contribution in [0.1, 0.15) is 20.8 Å². The van der Waals surface area contributed by atoms with Crippen LogP contribution in [0.4, 0.5) is 0 Å². The van der Waals surface area contributed by atoms with Crippen molar-refractivity contribution in [2.75, 3.05) is 6.61 Å². The van der Waals surface area contributed by atoms with E-state index < -0.39 is 0 Å². The van der Waals surface area contributed by atoms with Crippen molar-refractivity contribution >= 4 is 18.5 Å². The van der Waals surface area contributed by atoms with Crippen LogP contribution in [-0.4, -0.2) is 16.9 Å². The largest absolute Gasteiger partial charge is 0.240 e. The molecule has 3 nitrogen and oxygen atoms in total. The first-order valence-electron chi connectivity index (χ1n) is 3.20. The van der Waals surface area contributed by atoms with Crippen molar-refractivity contribution in [2.45, 2.75) is 20.8 Å². The normalized spacial score (nSPS) is 19.6. The summed E-state index contributed by atoms with van der Waals surface area (Å²) in [6.07, 6.45) is 0. The number of nitrogens with zero attached hydrogens (tertiary/aromatic N) is 2. The topological polar surface area (TPSA) is 24.8 Å². The molecule has 0 fully saturated rings. The second-order valence-electron chi connectivity index (χ2n) is 3.32. The van der Waals surface area contributed by atoms with Gasteiger partial charge in [0.05, 0.1) is 5.71 Å². The van der Waals surface area contributed by atoms with Crippen LogP contribution in [0, 0.1) is 5.41 Å². The Morgan fingerprint density at radius 2 is 2.20 bits per heavy atom. The molecule has 0 saturated heterocycles. The van der Waals surface area contributed by atoms with Gasteiger partial charge in [0.25, 0.3) is 0 Å². The summed E-state index contributed by atoms with van der Waals surface area (Å²) < 4.78 is 1.21. The van der Waals surface area contributed by atoms with Gasteiger partial charge in [-0.2, -0.15) is 0 Å². The molecule has 0 N–H and O–H groups in total. The molecular weight excluding hydrogens is 148 g/mol. The zero-order valence-corrected chi connectivity index (χ0v) is 7.35. The number of hydrogen-bond donors (Lipinski definition) is 1. The lowest BCUT2D eigenvalue weighted by molar-refractivity contribution is -0.0301. The van der Waals surface area contributed by atoms with Gasteiger partial charge in [-0.05, 0) is 12.8 Å². The van der Waals surface area contributed by atoms with Gasteiger partial charge in [-0.1, -0.05) is 20.8 Å². The highest BCUT2D eigenvalue weighted by molar-refractivity contribution is 7.77. The third-order valence-electron chi connectivity index (χ3n) is 1.39. The third kappa shape index (κ3) is 1.64. The van der Waals surface area contributed by atoms with Gasteiger partial charge in [-0.15, -0.1) is 9.68 Å². The first-order chi connectivity index (χ1) is 4.50. The smallest absolute Gasteiger partial charge is 0.118 e. The first kappa shape index (κ1) is 7.88. The molecule has 10 heavy (non-hydrogen) atoms. The fraction of sp³-hybridized carbons (Fsp3) is 0.833. The molecule has 1 aliphatic rings. The Hall–Kier alpha value is -0.220. The molecule has 0 amide bonds. The van der Waals surface area contributed by atoms with Crippen molar-refractivity contribution in [3.05, 3.63) is 0 Å². The van der Waals surface area contributed by atoms with Crippen LogP contribution in [-0.2, 0) is 4.84 Å². The maximum atomic E-state index is 4.99. The average Bonchev–Trinajstić information content (AvgIpc) is 2.11. The van der Waals surface area contributed by atoms with E-state index in [-0.39, 0.29) is 5.41 Å². The van der Waals surface area contributed by atoms with Gasteiger partial charge in [0.2, 0.25) is 0 Å². The molecule has 0 saturated carbocycles. The summed E-state index contributed by atoms with van der Waals surface area (Å²) in [6.45, 7) is 6.86. The second-order valence-corrected chi connectivity index (χ2v) is 3.67. The van der Waals surface area contributed by atoms with Crippen molar-refractivity contribution in [2.24, 2.45) is 10.5 Å². The second kappa shape index (κ2) is 2.43. The van der Waals surface area contributed by atoms with Gasteiger partial charge >= 0.3 is 0 Å². The van der Waals surface area contributed by atoms with E-state index in [1.165, 1.54) is 4.58 Å². The van der Waals surface area contributed by atoms with E-state index in [0.29, 0.717) is 6.61 Å². The summed E-state index contributed by atoms with van der Waals surface area (Å²) in [5.74, 6) is 0. The molecule has 0 radical (unpaired) electrons. The minimum atomic E-state index is 0.0947. The summed E-state index contributed by atoms with van der Waals surface area (Å²) in [5, 5.41) is 4.05. The van der Waals surface area contributed by atoms with Crippen molar-refractivity contribution in [1.29, 1.82) is 0 Å². The lowest BCUT2D eigenvalue weighted by Gasteiger charge is -2.15. The molecule has 58 valence electrons. The van der Waals surface area contributed by atoms with Crippen molar-refractivity contribution < 1.29 is 4.84 Å². The van der Waals surface area contributed by atoms with Gasteiger partial charge < -0.3 is 0 Å². The highest BCUT2D eigenvalue weighted by Gasteiger charge is 2.24. The predicted octanol–water partition coefficient (Wildman–Crippen LogP) is 1.48. The van der Waals surface area contributed by atoms with Crippen LogP contribution in [0.25, 0.3) is 0 Å². The minimum Gasteiger partial charge on any atom is -0.240 e. The summed E-state index contributed by atoms with van der Waals surface area (Å²) in [4.78, 5) is 4.99. The van der Waals surface area contributed by atoms with Crippen LogP contribution < -0.4 is 0 Å². The van der Waals surface area contributed by atoms with Gasteiger partial charge in [-0.25, -0.2) is 4.84 Å². The Morgan fingerprint density at radius 1 is 1.60 bits per heavy atom. The predicted molar refractivity (Wildman–Crippen MR) is 43.7 cm³/mol. The van der Waals surface area contributed by atoms with Crippen LogP contribution >= 0.6 is 12.8 Å². The molecule has 0 aromatic carbocycles. The lowest BCUT2D eigenvalue weighted by Crippen LogP contribution is -2.21. The van der Waals surface area contributed by atoms with Crippen LogP contribution in [0.2, 0.25) is 0 Å². The highest BCUT2D eigenvalue weighted by atomic mass is 32.1. The Balaban J connectivity index is 2.67. The number of thiol groups is 1. The van der Waals surface area contributed by atoms with E-state index in [1.807, 2.05) is 0 Å². The van der Waals surface area contributed by atoms with Crippen LogP contribution in [0.15, 0.2) is 5.10 Å². The SMILES string of the molecule is CC(C)(C)C1=NN(S)OC1. The molecule has 0 atom stereocenters. The van der Waals surface area contributed by atoms with Crippen molar-refractivity contribution in [3.63, 3.8) is 0 Å². The van der Waals surface area contributed by atoms with E-state index in [4.69, 9.17) is 4.84 Å². The van der Waals surface area contributed by atoms with Gasteiger partial charge in [-0.3, -0.25) is 0 Å². The molecule has 0 unspecified atom stereocenters. The summed E-state index contributed by atoms with van der Waals surface area (Å²) in [6, 6.07) is 0. The van der Waals surface area contributed by atoms with Crippen LogP contribution in [0.5, 0.6) is 0 Å². The fourth-order valence-corrected chi connectivity index (χ4v) is 0.812. The zero-order chi connectivity index (χ0) is 7.78. The van der Waals surface area contributed by atoms with Gasteiger partial charge in [0.15, 0.2) is 0 Å². The highest BCUT2D eigenvalue weighted by Crippen LogP contribution is 2.21. The van der Waals surface area contributed by atoms with Crippen LogP contribution in [0.3, 0.4) is 0 Å². The molecule has 0 aromatic heterocycles. The zero-order valence-electron chi connectivity index (χ0n) is 6.46. The Morgan fingerprint density at radius 3 is 2.40 bits per heavy atom.